The Balaban J connectivity index is 2.14. The molecule has 0 radical (unpaired) electrons. The fourth-order valence-electron chi connectivity index (χ4n) is 2.02. The van der Waals surface area contributed by atoms with E-state index < -0.39 is 15.9 Å². The Kier molecular flexibility index (Phi) is 6.16. The zero-order valence-corrected chi connectivity index (χ0v) is 15.7. The van der Waals surface area contributed by atoms with E-state index in [0.717, 1.165) is 15.4 Å². The van der Waals surface area contributed by atoms with E-state index in [1.54, 1.807) is 31.2 Å². The van der Waals surface area contributed by atoms with Crippen molar-refractivity contribution in [3.63, 3.8) is 0 Å². The van der Waals surface area contributed by atoms with E-state index in [2.05, 4.69) is 10.5 Å². The molecular weight excluding hydrogens is 362 g/mol. The van der Waals surface area contributed by atoms with Crippen molar-refractivity contribution in [2.24, 2.45) is 5.10 Å². The summed E-state index contributed by atoms with van der Waals surface area (Å²) in [7, 11) is -2.16. The monoisotopic (exact) mass is 381 g/mol. The Labute approximate surface area is 151 Å². The SMILES string of the molecule is COc1cccc(N(CC(=O)N/N=C(/C)c2cccs2)S(C)(=O)=O)c1. The number of carbonyl (C=O) groups is 1. The lowest BCUT2D eigenvalue weighted by Crippen LogP contribution is -2.39. The van der Waals surface area contributed by atoms with Gasteiger partial charge in [-0.1, -0.05) is 12.1 Å². The largest absolute Gasteiger partial charge is 0.497 e. The van der Waals surface area contributed by atoms with Gasteiger partial charge in [-0.2, -0.15) is 5.10 Å². The maximum atomic E-state index is 12.1. The summed E-state index contributed by atoms with van der Waals surface area (Å²) in [4.78, 5) is 13.1. The van der Waals surface area contributed by atoms with E-state index in [9.17, 15) is 13.2 Å². The van der Waals surface area contributed by atoms with Gasteiger partial charge >= 0.3 is 0 Å². The highest BCUT2D eigenvalue weighted by atomic mass is 32.2. The number of ether oxygens (including phenoxy) is 1. The minimum atomic E-state index is -3.65. The van der Waals surface area contributed by atoms with Crippen LogP contribution in [-0.2, 0) is 14.8 Å². The predicted molar refractivity (Wildman–Crippen MR) is 99.9 cm³/mol. The second-order valence-corrected chi connectivity index (χ2v) is 8.04. The zero-order chi connectivity index (χ0) is 18.4. The highest BCUT2D eigenvalue weighted by Gasteiger charge is 2.21. The van der Waals surface area contributed by atoms with Crippen molar-refractivity contribution < 1.29 is 17.9 Å². The van der Waals surface area contributed by atoms with Crippen LogP contribution < -0.4 is 14.5 Å². The van der Waals surface area contributed by atoms with Gasteiger partial charge in [0.05, 0.1) is 24.8 Å². The number of sulfonamides is 1. The molecule has 1 N–H and O–H groups in total. The van der Waals surface area contributed by atoms with Crippen molar-refractivity contribution in [1.82, 2.24) is 5.43 Å². The van der Waals surface area contributed by atoms with Crippen LogP contribution in [0, 0.1) is 0 Å². The molecule has 0 spiro atoms. The fourth-order valence-corrected chi connectivity index (χ4v) is 3.54. The third kappa shape index (κ3) is 5.30. The number of benzene rings is 1. The Bertz CT molecular complexity index is 861. The highest BCUT2D eigenvalue weighted by molar-refractivity contribution is 7.92. The smallest absolute Gasteiger partial charge is 0.260 e. The van der Waals surface area contributed by atoms with Gasteiger partial charge in [0.1, 0.15) is 12.3 Å². The summed E-state index contributed by atoms with van der Waals surface area (Å²) in [5.74, 6) is -0.0396. The molecule has 0 unspecified atom stereocenters. The summed E-state index contributed by atoms with van der Waals surface area (Å²) in [6.07, 6.45) is 1.04. The first-order valence-corrected chi connectivity index (χ1v) is 10.0. The number of anilines is 1. The number of methoxy groups -OCH3 is 1. The normalized spacial score (nSPS) is 11.9. The topological polar surface area (TPSA) is 88.1 Å². The molecule has 0 bridgehead atoms. The molecule has 7 nitrogen and oxygen atoms in total. The molecule has 0 saturated heterocycles. The second kappa shape index (κ2) is 8.13. The van der Waals surface area contributed by atoms with Crippen LogP contribution in [0.15, 0.2) is 46.9 Å². The number of hydrogen-bond donors (Lipinski definition) is 1. The van der Waals surface area contributed by atoms with Gasteiger partial charge in [0, 0.05) is 10.9 Å². The minimum absolute atomic E-state index is 0.343. The van der Waals surface area contributed by atoms with Crippen molar-refractivity contribution in [2.45, 2.75) is 6.92 Å². The van der Waals surface area contributed by atoms with Crippen molar-refractivity contribution in [3.8, 4) is 5.75 Å². The lowest BCUT2D eigenvalue weighted by Gasteiger charge is -2.21. The number of carbonyl (C=O) groups excluding carboxylic acids is 1. The molecule has 0 aliphatic rings. The summed E-state index contributed by atoms with van der Waals surface area (Å²) in [5.41, 5.74) is 3.38. The van der Waals surface area contributed by atoms with Crippen LogP contribution >= 0.6 is 11.3 Å². The predicted octanol–water partition coefficient (Wildman–Crippen LogP) is 2.06. The molecule has 2 rings (SSSR count). The van der Waals surface area contributed by atoms with Gasteiger partial charge in [-0.3, -0.25) is 9.10 Å². The molecule has 1 amide bonds. The minimum Gasteiger partial charge on any atom is -0.497 e. The van der Waals surface area contributed by atoms with Gasteiger partial charge in [0.2, 0.25) is 10.0 Å². The lowest BCUT2D eigenvalue weighted by molar-refractivity contribution is -0.119. The van der Waals surface area contributed by atoms with Crippen LogP contribution in [-0.4, -0.2) is 39.9 Å². The molecule has 1 aromatic heterocycles. The Morgan fingerprint density at radius 1 is 1.32 bits per heavy atom. The van der Waals surface area contributed by atoms with Crippen LogP contribution in [0.1, 0.15) is 11.8 Å². The third-order valence-electron chi connectivity index (χ3n) is 3.25. The Morgan fingerprint density at radius 3 is 2.68 bits per heavy atom. The zero-order valence-electron chi connectivity index (χ0n) is 14.1. The number of hydrogen-bond acceptors (Lipinski definition) is 6. The van der Waals surface area contributed by atoms with Gasteiger partial charge < -0.3 is 4.74 Å². The standard InChI is InChI=1S/C16H19N3O4S2/c1-12(15-8-5-9-24-15)17-18-16(20)11-19(25(3,21)22)13-6-4-7-14(10-13)23-2/h4-10H,11H2,1-3H3,(H,18,20)/b17-12-. The van der Waals surface area contributed by atoms with Crippen molar-refractivity contribution in [1.29, 1.82) is 0 Å². The molecule has 25 heavy (non-hydrogen) atoms. The van der Waals surface area contributed by atoms with Crippen molar-refractivity contribution in [3.05, 3.63) is 46.7 Å². The Hall–Kier alpha value is -2.39. The van der Waals surface area contributed by atoms with E-state index in [1.165, 1.54) is 18.4 Å². The fraction of sp³-hybridized carbons (Fsp3) is 0.250. The summed E-state index contributed by atoms with van der Waals surface area (Å²) < 4.78 is 30.2. The third-order valence-corrected chi connectivity index (χ3v) is 5.37. The summed E-state index contributed by atoms with van der Waals surface area (Å²) in [6.45, 7) is 1.38. The quantitative estimate of drug-likeness (QED) is 0.587. The molecule has 0 saturated carbocycles. The van der Waals surface area contributed by atoms with Gasteiger partial charge in [-0.15, -0.1) is 11.3 Å². The van der Waals surface area contributed by atoms with Crippen molar-refractivity contribution in [2.75, 3.05) is 24.2 Å². The van der Waals surface area contributed by atoms with E-state index in [4.69, 9.17) is 4.74 Å². The van der Waals surface area contributed by atoms with E-state index in [0.29, 0.717) is 17.1 Å². The molecule has 2 aromatic rings. The Morgan fingerprint density at radius 2 is 2.08 bits per heavy atom. The van der Waals surface area contributed by atoms with Gasteiger partial charge in [0.25, 0.3) is 5.91 Å². The van der Waals surface area contributed by atoms with Gasteiger partial charge in [-0.25, -0.2) is 13.8 Å². The molecular formula is C16H19N3O4S2. The van der Waals surface area contributed by atoms with Crippen LogP contribution in [0.5, 0.6) is 5.75 Å². The van der Waals surface area contributed by atoms with E-state index in [-0.39, 0.29) is 6.54 Å². The van der Waals surface area contributed by atoms with Crippen molar-refractivity contribution >= 4 is 38.7 Å². The number of thiophene rings is 1. The number of nitrogens with one attached hydrogen (secondary N) is 1. The van der Waals surface area contributed by atoms with Crippen LogP contribution in [0.25, 0.3) is 0 Å². The second-order valence-electron chi connectivity index (χ2n) is 5.18. The van der Waals surface area contributed by atoms with Gasteiger partial charge in [-0.05, 0) is 30.5 Å². The molecule has 9 heteroatoms. The van der Waals surface area contributed by atoms with Crippen LogP contribution in [0.2, 0.25) is 0 Å². The summed E-state index contributed by atoms with van der Waals surface area (Å²) in [5, 5.41) is 5.92. The maximum Gasteiger partial charge on any atom is 0.260 e. The average Bonchev–Trinajstić information content (AvgIpc) is 3.11. The van der Waals surface area contributed by atoms with E-state index in [1.807, 2.05) is 17.5 Å². The number of hydrazone groups is 1. The summed E-state index contributed by atoms with van der Waals surface area (Å²) in [6, 6.07) is 10.3. The molecule has 0 atom stereocenters. The first-order valence-electron chi connectivity index (χ1n) is 7.30. The molecule has 0 aliphatic heterocycles. The average molecular weight is 381 g/mol. The first kappa shape index (κ1) is 18.9. The number of nitrogens with zero attached hydrogens (tertiary/aromatic N) is 2. The maximum absolute atomic E-state index is 12.1. The number of amides is 1. The first-order chi connectivity index (χ1) is 11.8. The molecule has 134 valence electrons. The molecule has 1 heterocycles. The lowest BCUT2D eigenvalue weighted by atomic mass is 10.3. The van der Waals surface area contributed by atoms with E-state index >= 15 is 0 Å². The molecule has 0 fully saturated rings. The van der Waals surface area contributed by atoms with Crippen LogP contribution in [0.3, 0.4) is 0 Å². The highest BCUT2D eigenvalue weighted by Crippen LogP contribution is 2.22. The molecule has 1 aromatic carbocycles. The van der Waals surface area contributed by atoms with Crippen LogP contribution in [0.4, 0.5) is 5.69 Å². The van der Waals surface area contributed by atoms with Gasteiger partial charge in [0.15, 0.2) is 0 Å². The molecule has 0 aliphatic carbocycles. The number of rotatable bonds is 7. The summed E-state index contributed by atoms with van der Waals surface area (Å²) >= 11 is 1.50.